The third-order valence-electron chi connectivity index (χ3n) is 3.23. The Bertz CT molecular complexity index is 306. The molecule has 0 spiro atoms. The molecule has 0 amide bonds. The molecule has 5 heteroatoms. The second kappa shape index (κ2) is 7.42. The summed E-state index contributed by atoms with van der Waals surface area (Å²) in [5, 5.41) is 0. The van der Waals surface area contributed by atoms with E-state index in [-0.39, 0.29) is 6.04 Å². The maximum Gasteiger partial charge on any atom is 0.127 e. The van der Waals surface area contributed by atoms with Gasteiger partial charge in [0.15, 0.2) is 0 Å². The average Bonchev–Trinajstić information content (AvgIpc) is 2.83. The standard InChI is InChI=1S/C12H25N5/c1-4-16(5-2)9-7-11(15-13)12-14-8-10-17(12)6-3/h8,10-11,15H,4-7,9,13H2,1-3H3. The van der Waals surface area contributed by atoms with Crippen LogP contribution in [0.4, 0.5) is 0 Å². The Kier molecular flexibility index (Phi) is 6.18. The molecule has 0 aliphatic rings. The maximum absolute atomic E-state index is 5.63. The molecule has 0 bridgehead atoms. The van der Waals surface area contributed by atoms with Crippen LogP contribution >= 0.6 is 0 Å². The molecule has 0 aromatic carbocycles. The number of nitrogens with zero attached hydrogens (tertiary/aromatic N) is 3. The molecular formula is C12H25N5. The zero-order chi connectivity index (χ0) is 12.7. The summed E-state index contributed by atoms with van der Waals surface area (Å²) in [6.45, 7) is 10.6. The number of aryl methyl sites for hydroxylation is 1. The molecule has 1 aromatic heterocycles. The lowest BCUT2D eigenvalue weighted by atomic mass is 10.2. The summed E-state index contributed by atoms with van der Waals surface area (Å²) in [5.74, 6) is 6.66. The van der Waals surface area contributed by atoms with Gasteiger partial charge in [0, 0.05) is 25.5 Å². The normalized spacial score (nSPS) is 13.2. The van der Waals surface area contributed by atoms with Crippen LogP contribution in [0.3, 0.4) is 0 Å². The maximum atomic E-state index is 5.63. The van der Waals surface area contributed by atoms with E-state index >= 15 is 0 Å². The van der Waals surface area contributed by atoms with Crippen molar-refractivity contribution in [3.8, 4) is 0 Å². The lowest BCUT2D eigenvalue weighted by Gasteiger charge is -2.22. The Balaban J connectivity index is 2.59. The highest BCUT2D eigenvalue weighted by Crippen LogP contribution is 2.14. The van der Waals surface area contributed by atoms with Gasteiger partial charge in [-0.15, -0.1) is 0 Å². The van der Waals surface area contributed by atoms with Gasteiger partial charge in [-0.2, -0.15) is 0 Å². The summed E-state index contributed by atoms with van der Waals surface area (Å²) in [4.78, 5) is 6.78. The van der Waals surface area contributed by atoms with Crippen molar-refractivity contribution in [2.24, 2.45) is 5.84 Å². The molecule has 17 heavy (non-hydrogen) atoms. The van der Waals surface area contributed by atoms with Crippen molar-refractivity contribution in [2.75, 3.05) is 19.6 Å². The number of nitrogens with two attached hydrogens (primary N) is 1. The highest BCUT2D eigenvalue weighted by atomic mass is 15.3. The molecule has 98 valence electrons. The largest absolute Gasteiger partial charge is 0.334 e. The van der Waals surface area contributed by atoms with Gasteiger partial charge in [-0.1, -0.05) is 13.8 Å². The van der Waals surface area contributed by atoms with E-state index in [1.807, 2.05) is 12.4 Å². The molecule has 0 saturated carbocycles. The molecule has 1 aromatic rings. The Labute approximate surface area is 104 Å². The zero-order valence-corrected chi connectivity index (χ0v) is 11.2. The molecular weight excluding hydrogens is 214 g/mol. The van der Waals surface area contributed by atoms with Gasteiger partial charge in [-0.3, -0.25) is 5.84 Å². The minimum absolute atomic E-state index is 0.130. The van der Waals surface area contributed by atoms with Crippen molar-refractivity contribution in [2.45, 2.75) is 39.8 Å². The first-order valence-electron chi connectivity index (χ1n) is 6.46. The van der Waals surface area contributed by atoms with Crippen LogP contribution in [0.25, 0.3) is 0 Å². The average molecular weight is 239 g/mol. The summed E-state index contributed by atoms with van der Waals surface area (Å²) in [7, 11) is 0. The number of hydrogen-bond acceptors (Lipinski definition) is 4. The fraction of sp³-hybridized carbons (Fsp3) is 0.750. The minimum atomic E-state index is 0.130. The fourth-order valence-electron chi connectivity index (χ4n) is 2.04. The van der Waals surface area contributed by atoms with Gasteiger partial charge < -0.3 is 9.47 Å². The molecule has 0 radical (unpaired) electrons. The lowest BCUT2D eigenvalue weighted by molar-refractivity contribution is 0.278. The number of aromatic nitrogens is 2. The molecule has 0 saturated heterocycles. The predicted molar refractivity (Wildman–Crippen MR) is 70.4 cm³/mol. The van der Waals surface area contributed by atoms with E-state index in [1.165, 1.54) is 0 Å². The van der Waals surface area contributed by atoms with Crippen molar-refractivity contribution in [1.82, 2.24) is 19.9 Å². The Morgan fingerprint density at radius 3 is 2.65 bits per heavy atom. The van der Waals surface area contributed by atoms with E-state index in [1.54, 1.807) is 0 Å². The molecule has 1 atom stereocenters. The Morgan fingerprint density at radius 1 is 1.41 bits per heavy atom. The number of hydrazine groups is 1. The molecule has 0 aliphatic heterocycles. The summed E-state index contributed by atoms with van der Waals surface area (Å²) < 4.78 is 2.13. The monoisotopic (exact) mass is 239 g/mol. The van der Waals surface area contributed by atoms with Crippen LogP contribution in [-0.2, 0) is 6.54 Å². The van der Waals surface area contributed by atoms with Gasteiger partial charge in [0.1, 0.15) is 5.82 Å². The number of rotatable bonds is 8. The van der Waals surface area contributed by atoms with Crippen molar-refractivity contribution in [1.29, 1.82) is 0 Å². The van der Waals surface area contributed by atoms with Crippen LogP contribution < -0.4 is 11.3 Å². The van der Waals surface area contributed by atoms with Crippen molar-refractivity contribution < 1.29 is 0 Å². The Morgan fingerprint density at radius 2 is 2.12 bits per heavy atom. The molecule has 0 fully saturated rings. The van der Waals surface area contributed by atoms with Crippen LogP contribution in [0.1, 0.15) is 39.1 Å². The van der Waals surface area contributed by atoms with Crippen molar-refractivity contribution in [3.05, 3.63) is 18.2 Å². The summed E-state index contributed by atoms with van der Waals surface area (Å²) in [6.07, 6.45) is 4.81. The van der Waals surface area contributed by atoms with Crippen LogP contribution in [0, 0.1) is 0 Å². The van der Waals surface area contributed by atoms with E-state index < -0.39 is 0 Å². The second-order valence-electron chi connectivity index (χ2n) is 4.11. The number of hydrogen-bond donors (Lipinski definition) is 2. The smallest absolute Gasteiger partial charge is 0.127 e. The van der Waals surface area contributed by atoms with Gasteiger partial charge in [0.05, 0.1) is 6.04 Å². The van der Waals surface area contributed by atoms with Crippen LogP contribution in [0.15, 0.2) is 12.4 Å². The van der Waals surface area contributed by atoms with Crippen molar-refractivity contribution in [3.63, 3.8) is 0 Å². The van der Waals surface area contributed by atoms with Crippen LogP contribution in [0.2, 0.25) is 0 Å². The second-order valence-corrected chi connectivity index (χ2v) is 4.11. The first kappa shape index (κ1) is 14.2. The zero-order valence-electron chi connectivity index (χ0n) is 11.2. The quantitative estimate of drug-likeness (QED) is 0.527. The topological polar surface area (TPSA) is 59.1 Å². The van der Waals surface area contributed by atoms with Gasteiger partial charge in [0.2, 0.25) is 0 Å². The predicted octanol–water partition coefficient (Wildman–Crippen LogP) is 1.14. The SMILES string of the molecule is CCN(CC)CCC(NN)c1nccn1CC. The lowest BCUT2D eigenvalue weighted by Crippen LogP contribution is -2.34. The van der Waals surface area contributed by atoms with Gasteiger partial charge in [0.25, 0.3) is 0 Å². The van der Waals surface area contributed by atoms with Crippen LogP contribution in [-0.4, -0.2) is 34.1 Å². The molecule has 0 aliphatic carbocycles. The van der Waals surface area contributed by atoms with Gasteiger partial charge in [-0.05, 0) is 26.4 Å². The van der Waals surface area contributed by atoms with E-state index in [0.29, 0.717) is 0 Å². The van der Waals surface area contributed by atoms with Gasteiger partial charge in [-0.25, -0.2) is 10.4 Å². The van der Waals surface area contributed by atoms with Crippen molar-refractivity contribution >= 4 is 0 Å². The third kappa shape index (κ3) is 3.80. The third-order valence-corrected chi connectivity index (χ3v) is 3.23. The number of nitrogens with one attached hydrogen (secondary N) is 1. The first-order valence-corrected chi connectivity index (χ1v) is 6.46. The van der Waals surface area contributed by atoms with E-state index in [4.69, 9.17) is 5.84 Å². The fourth-order valence-corrected chi connectivity index (χ4v) is 2.04. The first-order chi connectivity index (χ1) is 8.26. The number of imidazole rings is 1. The Hall–Kier alpha value is -0.910. The summed E-state index contributed by atoms with van der Waals surface area (Å²) in [6, 6.07) is 0.130. The molecule has 1 rings (SSSR count). The molecule has 1 unspecified atom stereocenters. The summed E-state index contributed by atoms with van der Waals surface area (Å²) in [5.41, 5.74) is 2.87. The minimum Gasteiger partial charge on any atom is -0.334 e. The molecule has 5 nitrogen and oxygen atoms in total. The highest BCUT2D eigenvalue weighted by Gasteiger charge is 2.15. The van der Waals surface area contributed by atoms with Crippen LogP contribution in [0.5, 0.6) is 0 Å². The van der Waals surface area contributed by atoms with E-state index in [2.05, 4.69) is 40.6 Å². The van der Waals surface area contributed by atoms with Gasteiger partial charge >= 0.3 is 0 Å². The van der Waals surface area contributed by atoms with E-state index in [9.17, 15) is 0 Å². The molecule has 3 N–H and O–H groups in total. The molecule has 1 heterocycles. The highest BCUT2D eigenvalue weighted by molar-refractivity contribution is 4.99. The van der Waals surface area contributed by atoms with E-state index in [0.717, 1.165) is 38.4 Å². The summed E-state index contributed by atoms with van der Waals surface area (Å²) >= 11 is 0.